The number of carbonyl (C=O) groups is 2. The number of rotatable bonds is 4. The van der Waals surface area contributed by atoms with Crippen LogP contribution in [0.15, 0.2) is 42.5 Å². The zero-order valence-electron chi connectivity index (χ0n) is 12.8. The lowest BCUT2D eigenvalue weighted by Gasteiger charge is -2.12. The average molecular weight is 335 g/mol. The Hall–Kier alpha value is -2.40. The van der Waals surface area contributed by atoms with Crippen LogP contribution in [0.1, 0.15) is 15.9 Å². The summed E-state index contributed by atoms with van der Waals surface area (Å²) in [6, 6.07) is 10.8. The Balaban J connectivity index is 2.12. The van der Waals surface area contributed by atoms with E-state index >= 15 is 0 Å². The predicted octanol–water partition coefficient (Wildman–Crippen LogP) is 3.36. The molecule has 0 atom stereocenters. The molecule has 2 amide bonds. The first kappa shape index (κ1) is 17.0. The smallest absolute Gasteiger partial charge is 0.253 e. The highest BCUT2D eigenvalue weighted by atomic mass is 35.5. The van der Waals surface area contributed by atoms with Gasteiger partial charge in [-0.15, -0.1) is 0 Å². The van der Waals surface area contributed by atoms with Crippen molar-refractivity contribution in [1.82, 2.24) is 4.90 Å². The number of halogens is 2. The molecule has 2 aromatic carbocycles. The van der Waals surface area contributed by atoms with E-state index < -0.39 is 11.7 Å². The van der Waals surface area contributed by atoms with E-state index in [1.807, 2.05) is 0 Å². The molecule has 0 spiro atoms. The second kappa shape index (κ2) is 7.24. The minimum atomic E-state index is -0.524. The van der Waals surface area contributed by atoms with Crippen molar-refractivity contribution in [3.05, 3.63) is 64.4 Å². The van der Waals surface area contributed by atoms with E-state index in [9.17, 15) is 14.0 Å². The number of carbonyl (C=O) groups excluding carboxylic acids is 2. The second-order valence-corrected chi connectivity index (χ2v) is 5.61. The van der Waals surface area contributed by atoms with Gasteiger partial charge in [-0.25, -0.2) is 4.39 Å². The van der Waals surface area contributed by atoms with Crippen LogP contribution in [0.25, 0.3) is 0 Å². The molecule has 0 saturated carbocycles. The highest BCUT2D eigenvalue weighted by molar-refractivity contribution is 6.31. The topological polar surface area (TPSA) is 49.4 Å². The van der Waals surface area contributed by atoms with Crippen molar-refractivity contribution in [2.75, 3.05) is 19.4 Å². The third-order valence-electron chi connectivity index (χ3n) is 3.20. The van der Waals surface area contributed by atoms with Crippen molar-refractivity contribution in [2.24, 2.45) is 0 Å². The van der Waals surface area contributed by atoms with Crippen LogP contribution in [0.3, 0.4) is 0 Å². The van der Waals surface area contributed by atoms with Crippen molar-refractivity contribution in [2.45, 2.75) is 6.42 Å². The van der Waals surface area contributed by atoms with Gasteiger partial charge >= 0.3 is 0 Å². The fourth-order valence-electron chi connectivity index (χ4n) is 2.06. The Morgan fingerprint density at radius 3 is 2.52 bits per heavy atom. The molecule has 23 heavy (non-hydrogen) atoms. The number of nitrogens with one attached hydrogen (secondary N) is 1. The van der Waals surface area contributed by atoms with Gasteiger partial charge in [-0.05, 0) is 30.3 Å². The highest BCUT2D eigenvalue weighted by Gasteiger charge is 2.13. The maximum atomic E-state index is 13.7. The molecule has 0 aliphatic heterocycles. The maximum Gasteiger partial charge on any atom is 0.253 e. The predicted molar refractivity (Wildman–Crippen MR) is 88.2 cm³/mol. The number of amides is 2. The van der Waals surface area contributed by atoms with Crippen LogP contribution in [0.5, 0.6) is 0 Å². The molecule has 0 aliphatic carbocycles. The normalized spacial score (nSPS) is 10.3. The van der Waals surface area contributed by atoms with E-state index in [1.165, 1.54) is 23.1 Å². The molecular formula is C17H16ClFN2O2. The van der Waals surface area contributed by atoms with Gasteiger partial charge in [0, 0.05) is 35.9 Å². The summed E-state index contributed by atoms with van der Waals surface area (Å²) < 4.78 is 13.7. The molecule has 120 valence electrons. The zero-order chi connectivity index (χ0) is 17.0. The molecule has 6 heteroatoms. The van der Waals surface area contributed by atoms with Gasteiger partial charge in [-0.3, -0.25) is 9.59 Å². The van der Waals surface area contributed by atoms with E-state index in [1.54, 1.807) is 38.4 Å². The monoisotopic (exact) mass is 334 g/mol. The summed E-state index contributed by atoms with van der Waals surface area (Å²) in [6.07, 6.45) is -0.183. The molecule has 0 aromatic heterocycles. The Kier molecular flexibility index (Phi) is 5.34. The SMILES string of the molecule is CN(C)C(=O)c1cccc(NC(=O)Cc2c(F)cccc2Cl)c1. The van der Waals surface area contributed by atoms with Gasteiger partial charge in [-0.2, -0.15) is 0 Å². The number of nitrogens with zero attached hydrogens (tertiary/aromatic N) is 1. The minimum absolute atomic E-state index is 0.146. The van der Waals surface area contributed by atoms with Crippen LogP contribution in [0, 0.1) is 5.82 Å². The Bertz CT molecular complexity index is 727. The van der Waals surface area contributed by atoms with Crippen LogP contribution >= 0.6 is 11.6 Å². The maximum absolute atomic E-state index is 13.7. The van der Waals surface area contributed by atoms with Crippen molar-refractivity contribution in [1.29, 1.82) is 0 Å². The van der Waals surface area contributed by atoms with E-state index in [-0.39, 0.29) is 22.9 Å². The van der Waals surface area contributed by atoms with Gasteiger partial charge in [0.15, 0.2) is 0 Å². The Morgan fingerprint density at radius 1 is 1.17 bits per heavy atom. The second-order valence-electron chi connectivity index (χ2n) is 5.21. The zero-order valence-corrected chi connectivity index (χ0v) is 13.5. The molecule has 0 heterocycles. The third kappa shape index (κ3) is 4.29. The summed E-state index contributed by atoms with van der Waals surface area (Å²) in [5.74, 6) is -1.10. The quantitative estimate of drug-likeness (QED) is 0.932. The molecule has 0 unspecified atom stereocenters. The van der Waals surface area contributed by atoms with E-state index in [0.717, 1.165) is 0 Å². The molecule has 0 saturated heterocycles. The largest absolute Gasteiger partial charge is 0.345 e. The molecule has 2 aromatic rings. The molecule has 0 aliphatic rings. The van der Waals surface area contributed by atoms with Gasteiger partial charge in [-0.1, -0.05) is 23.7 Å². The van der Waals surface area contributed by atoms with Crippen LogP contribution in [0.2, 0.25) is 5.02 Å². The van der Waals surface area contributed by atoms with E-state index in [0.29, 0.717) is 11.3 Å². The molecule has 0 fully saturated rings. The third-order valence-corrected chi connectivity index (χ3v) is 3.55. The van der Waals surface area contributed by atoms with Gasteiger partial charge in [0.05, 0.1) is 6.42 Å². The highest BCUT2D eigenvalue weighted by Crippen LogP contribution is 2.20. The van der Waals surface area contributed by atoms with E-state index in [2.05, 4.69) is 5.32 Å². The standard InChI is InChI=1S/C17H16ClFN2O2/c1-21(2)17(23)11-5-3-6-12(9-11)20-16(22)10-13-14(18)7-4-8-15(13)19/h3-9H,10H2,1-2H3,(H,20,22). The Labute approximate surface area is 138 Å². The summed E-state index contributed by atoms with van der Waals surface area (Å²) >= 11 is 5.91. The molecule has 0 bridgehead atoms. The lowest BCUT2D eigenvalue weighted by Crippen LogP contribution is -2.22. The fraction of sp³-hybridized carbons (Fsp3) is 0.176. The van der Waals surface area contributed by atoms with Crippen LogP contribution in [-0.2, 0) is 11.2 Å². The lowest BCUT2D eigenvalue weighted by molar-refractivity contribution is -0.115. The van der Waals surface area contributed by atoms with E-state index in [4.69, 9.17) is 11.6 Å². The first-order valence-electron chi connectivity index (χ1n) is 6.93. The number of hydrogen-bond donors (Lipinski definition) is 1. The number of hydrogen-bond acceptors (Lipinski definition) is 2. The van der Waals surface area contributed by atoms with Gasteiger partial charge in [0.25, 0.3) is 5.91 Å². The van der Waals surface area contributed by atoms with Crippen LogP contribution < -0.4 is 5.32 Å². The summed E-state index contributed by atoms with van der Waals surface area (Å²) in [5.41, 5.74) is 1.07. The van der Waals surface area contributed by atoms with Crippen molar-refractivity contribution >= 4 is 29.1 Å². The Morgan fingerprint density at radius 2 is 1.87 bits per heavy atom. The molecule has 1 N–H and O–H groups in total. The molecule has 0 radical (unpaired) electrons. The first-order valence-corrected chi connectivity index (χ1v) is 7.30. The molecule has 2 rings (SSSR count). The number of benzene rings is 2. The van der Waals surface area contributed by atoms with Crippen molar-refractivity contribution in [3.8, 4) is 0 Å². The first-order chi connectivity index (χ1) is 10.9. The average Bonchev–Trinajstić information content (AvgIpc) is 2.50. The lowest BCUT2D eigenvalue weighted by atomic mass is 10.1. The van der Waals surface area contributed by atoms with Gasteiger partial charge in [0.1, 0.15) is 5.82 Å². The molecule has 4 nitrogen and oxygen atoms in total. The summed E-state index contributed by atoms with van der Waals surface area (Å²) in [6.45, 7) is 0. The van der Waals surface area contributed by atoms with Gasteiger partial charge in [0.2, 0.25) is 5.91 Å². The fourth-order valence-corrected chi connectivity index (χ4v) is 2.28. The summed E-state index contributed by atoms with van der Waals surface area (Å²) in [7, 11) is 3.29. The summed E-state index contributed by atoms with van der Waals surface area (Å²) in [4.78, 5) is 25.4. The number of anilines is 1. The van der Waals surface area contributed by atoms with Gasteiger partial charge < -0.3 is 10.2 Å². The minimum Gasteiger partial charge on any atom is -0.345 e. The van der Waals surface area contributed by atoms with Crippen molar-refractivity contribution < 1.29 is 14.0 Å². The summed E-state index contributed by atoms with van der Waals surface area (Å²) in [5, 5.41) is 2.85. The van der Waals surface area contributed by atoms with Crippen LogP contribution in [-0.4, -0.2) is 30.8 Å². The molecular weight excluding hydrogens is 319 g/mol. The van der Waals surface area contributed by atoms with Crippen molar-refractivity contribution in [3.63, 3.8) is 0 Å². The van der Waals surface area contributed by atoms with Crippen LogP contribution in [0.4, 0.5) is 10.1 Å².